The van der Waals surface area contributed by atoms with Gasteiger partial charge < -0.3 is 9.32 Å². The van der Waals surface area contributed by atoms with Crippen LogP contribution in [0.2, 0.25) is 0 Å². The quantitative estimate of drug-likeness (QED) is 0.138. The van der Waals surface area contributed by atoms with Gasteiger partial charge in [0.15, 0.2) is 0 Å². The highest BCUT2D eigenvalue weighted by Gasteiger charge is 2.20. The van der Waals surface area contributed by atoms with Crippen LogP contribution in [0.4, 0.5) is 17.1 Å². The van der Waals surface area contributed by atoms with Crippen LogP contribution in [0.1, 0.15) is 22.6 Å². The average molecular weight is 718 g/mol. The number of hydrogen-bond acceptors (Lipinski definition) is 2. The van der Waals surface area contributed by atoms with E-state index in [4.69, 9.17) is 4.42 Å². The van der Waals surface area contributed by atoms with E-state index in [9.17, 15) is 0 Å². The van der Waals surface area contributed by atoms with Crippen molar-refractivity contribution in [1.29, 1.82) is 0 Å². The van der Waals surface area contributed by atoms with Crippen molar-refractivity contribution in [2.75, 3.05) is 4.90 Å². The lowest BCUT2D eigenvalue weighted by Gasteiger charge is -2.26. The Hall–Kier alpha value is -7.16. The third-order valence-corrected chi connectivity index (χ3v) is 11.1. The summed E-state index contributed by atoms with van der Waals surface area (Å²) in [6.07, 6.45) is 2.78. The SMILES string of the molecule is c1ccc(-c2cccc(N(c3ccc(-c4ccc5c(ccc6ccccc65)c4)cc3)c3ccc4occ(CC(c5ccccc5)c5ccccc5)c4c3)c2)cc1. The predicted octanol–water partition coefficient (Wildman–Crippen LogP) is 14.9. The summed E-state index contributed by atoms with van der Waals surface area (Å²) in [4.78, 5) is 2.37. The molecule has 0 fully saturated rings. The summed E-state index contributed by atoms with van der Waals surface area (Å²) >= 11 is 0. The van der Waals surface area contributed by atoms with Crippen LogP contribution in [0.3, 0.4) is 0 Å². The van der Waals surface area contributed by atoms with Crippen molar-refractivity contribution in [2.24, 2.45) is 0 Å². The second kappa shape index (κ2) is 14.6. The molecule has 0 aliphatic rings. The highest BCUT2D eigenvalue weighted by Crippen LogP contribution is 2.41. The van der Waals surface area contributed by atoms with Gasteiger partial charge in [0.05, 0.1) is 6.26 Å². The summed E-state index contributed by atoms with van der Waals surface area (Å²) in [5, 5.41) is 6.20. The zero-order chi connectivity index (χ0) is 37.3. The van der Waals surface area contributed by atoms with Crippen molar-refractivity contribution >= 4 is 49.6 Å². The standard InChI is InChI=1S/C54H39NO/c1-4-13-38(14-5-1)43-20-12-21-48(34-43)55(47-28-25-39(26-29-47)44-27-31-51-45(33-44)24-23-42-19-10-11-22-50(42)51)49-30-32-54-53(36-49)46(37-56-54)35-52(40-15-6-2-7-16-40)41-17-8-3-9-18-41/h1-34,36-37,52H,35H2. The Bertz CT molecular complexity index is 2890. The molecule has 10 rings (SSSR count). The third-order valence-electron chi connectivity index (χ3n) is 11.1. The average Bonchev–Trinajstić information content (AvgIpc) is 3.68. The number of furan rings is 1. The molecule has 56 heavy (non-hydrogen) atoms. The summed E-state index contributed by atoms with van der Waals surface area (Å²) in [6.45, 7) is 0. The summed E-state index contributed by atoms with van der Waals surface area (Å²) in [7, 11) is 0. The minimum absolute atomic E-state index is 0.196. The van der Waals surface area contributed by atoms with Crippen LogP contribution < -0.4 is 4.90 Å². The summed E-state index contributed by atoms with van der Waals surface area (Å²) in [5.41, 5.74) is 12.7. The molecular formula is C54H39NO. The second-order valence-electron chi connectivity index (χ2n) is 14.5. The molecule has 0 N–H and O–H groups in total. The van der Waals surface area contributed by atoms with E-state index in [1.54, 1.807) is 0 Å². The minimum Gasteiger partial charge on any atom is -0.464 e. The van der Waals surface area contributed by atoms with E-state index in [1.807, 2.05) is 6.26 Å². The molecule has 1 aromatic heterocycles. The molecule has 1 heterocycles. The van der Waals surface area contributed by atoms with Gasteiger partial charge >= 0.3 is 0 Å². The molecule has 0 saturated heterocycles. The topological polar surface area (TPSA) is 16.4 Å². The van der Waals surface area contributed by atoms with Gasteiger partial charge in [-0.05, 0) is 115 Å². The number of fused-ring (bicyclic) bond motifs is 4. The molecule has 266 valence electrons. The molecule has 0 bridgehead atoms. The first-order valence-electron chi connectivity index (χ1n) is 19.3. The van der Waals surface area contributed by atoms with E-state index in [0.29, 0.717) is 0 Å². The van der Waals surface area contributed by atoms with Crippen molar-refractivity contribution in [1.82, 2.24) is 0 Å². The molecule has 0 spiro atoms. The van der Waals surface area contributed by atoms with Gasteiger partial charge in [0, 0.05) is 28.4 Å². The Labute approximate surface area is 327 Å². The lowest BCUT2D eigenvalue weighted by Crippen LogP contribution is -2.10. The van der Waals surface area contributed by atoms with Gasteiger partial charge in [-0.15, -0.1) is 0 Å². The van der Waals surface area contributed by atoms with E-state index in [2.05, 4.69) is 217 Å². The summed E-state index contributed by atoms with van der Waals surface area (Å²) in [5.74, 6) is 0.196. The molecule has 2 nitrogen and oxygen atoms in total. The van der Waals surface area contributed by atoms with Crippen LogP contribution in [-0.2, 0) is 6.42 Å². The van der Waals surface area contributed by atoms with Crippen molar-refractivity contribution in [3.63, 3.8) is 0 Å². The Kier molecular flexibility index (Phi) is 8.70. The highest BCUT2D eigenvalue weighted by molar-refractivity contribution is 6.08. The Morgan fingerprint density at radius 2 is 0.946 bits per heavy atom. The van der Waals surface area contributed by atoms with E-state index in [-0.39, 0.29) is 5.92 Å². The highest BCUT2D eigenvalue weighted by atomic mass is 16.3. The predicted molar refractivity (Wildman–Crippen MR) is 235 cm³/mol. The normalized spacial score (nSPS) is 11.4. The molecule has 0 aliphatic carbocycles. The van der Waals surface area contributed by atoms with Crippen molar-refractivity contribution in [3.8, 4) is 22.3 Å². The molecule has 10 aromatic rings. The fraction of sp³-hybridized carbons (Fsp3) is 0.0370. The van der Waals surface area contributed by atoms with Crippen LogP contribution in [0.15, 0.2) is 223 Å². The Morgan fingerprint density at radius 1 is 0.375 bits per heavy atom. The first-order valence-corrected chi connectivity index (χ1v) is 19.3. The number of nitrogens with zero attached hydrogens (tertiary/aromatic N) is 1. The van der Waals surface area contributed by atoms with Gasteiger partial charge in [-0.25, -0.2) is 0 Å². The largest absolute Gasteiger partial charge is 0.464 e. The fourth-order valence-electron chi connectivity index (χ4n) is 8.28. The first kappa shape index (κ1) is 33.4. The van der Waals surface area contributed by atoms with Crippen LogP contribution >= 0.6 is 0 Å². The van der Waals surface area contributed by atoms with Gasteiger partial charge in [-0.2, -0.15) is 0 Å². The van der Waals surface area contributed by atoms with Gasteiger partial charge in [0.25, 0.3) is 0 Å². The van der Waals surface area contributed by atoms with Crippen LogP contribution in [0.25, 0.3) is 54.8 Å². The van der Waals surface area contributed by atoms with Gasteiger partial charge in [-0.3, -0.25) is 0 Å². The molecular weight excluding hydrogens is 679 g/mol. The third kappa shape index (κ3) is 6.42. The Balaban J connectivity index is 1.06. The molecule has 0 amide bonds. The van der Waals surface area contributed by atoms with Crippen LogP contribution in [-0.4, -0.2) is 0 Å². The zero-order valence-corrected chi connectivity index (χ0v) is 30.9. The molecule has 2 heteroatoms. The molecule has 9 aromatic carbocycles. The fourth-order valence-corrected chi connectivity index (χ4v) is 8.28. The number of benzene rings is 9. The van der Waals surface area contributed by atoms with Crippen molar-refractivity contribution < 1.29 is 4.42 Å². The lowest BCUT2D eigenvalue weighted by atomic mass is 9.86. The van der Waals surface area contributed by atoms with E-state index < -0.39 is 0 Å². The minimum atomic E-state index is 0.196. The summed E-state index contributed by atoms with van der Waals surface area (Å²) in [6, 6.07) is 76.5. The first-order chi connectivity index (χ1) is 27.7. The molecule has 0 atom stereocenters. The van der Waals surface area contributed by atoms with Crippen LogP contribution in [0, 0.1) is 0 Å². The molecule has 0 saturated carbocycles. The van der Waals surface area contributed by atoms with Gasteiger partial charge in [0.2, 0.25) is 0 Å². The van der Waals surface area contributed by atoms with E-state index in [1.165, 1.54) is 60.5 Å². The molecule has 0 radical (unpaired) electrons. The number of hydrogen-bond donors (Lipinski definition) is 0. The Morgan fingerprint density at radius 3 is 1.71 bits per heavy atom. The maximum absolute atomic E-state index is 6.25. The zero-order valence-electron chi connectivity index (χ0n) is 30.9. The number of rotatable bonds is 9. The number of anilines is 3. The van der Waals surface area contributed by atoms with Crippen molar-refractivity contribution in [2.45, 2.75) is 12.3 Å². The molecule has 0 aliphatic heterocycles. The maximum Gasteiger partial charge on any atom is 0.134 e. The maximum atomic E-state index is 6.25. The van der Waals surface area contributed by atoms with Crippen molar-refractivity contribution in [3.05, 3.63) is 235 Å². The lowest BCUT2D eigenvalue weighted by molar-refractivity contribution is 0.608. The van der Waals surface area contributed by atoms with Crippen LogP contribution in [0.5, 0.6) is 0 Å². The summed E-state index contributed by atoms with van der Waals surface area (Å²) < 4.78 is 6.25. The van der Waals surface area contributed by atoms with Gasteiger partial charge in [0.1, 0.15) is 5.58 Å². The monoisotopic (exact) mass is 717 g/mol. The van der Waals surface area contributed by atoms with Gasteiger partial charge in [-0.1, -0.05) is 164 Å². The van der Waals surface area contributed by atoms with E-state index in [0.717, 1.165) is 34.5 Å². The smallest absolute Gasteiger partial charge is 0.134 e. The van der Waals surface area contributed by atoms with E-state index >= 15 is 0 Å². The second-order valence-corrected chi connectivity index (χ2v) is 14.5. The molecule has 0 unspecified atom stereocenters.